The Morgan fingerprint density at radius 2 is 1.80 bits per heavy atom. The lowest BCUT2D eigenvalue weighted by Crippen LogP contribution is -3.28. The van der Waals surface area contributed by atoms with Crippen molar-refractivity contribution < 1.29 is 19.3 Å². The van der Waals surface area contributed by atoms with Gasteiger partial charge in [0.15, 0.2) is 6.54 Å². The molecule has 1 fully saturated rings. The minimum atomic E-state index is 0.0481. The molecular weight excluding hydrogens is 374 g/mol. The van der Waals surface area contributed by atoms with Crippen LogP contribution in [-0.2, 0) is 17.8 Å². The summed E-state index contributed by atoms with van der Waals surface area (Å²) in [6.45, 7) is 13.1. The maximum absolute atomic E-state index is 12.6. The van der Waals surface area contributed by atoms with Crippen LogP contribution < -0.4 is 19.9 Å². The molecule has 2 aliphatic heterocycles. The van der Waals surface area contributed by atoms with Crippen molar-refractivity contribution >= 4 is 5.91 Å². The van der Waals surface area contributed by atoms with E-state index < -0.39 is 0 Å². The maximum atomic E-state index is 12.6. The summed E-state index contributed by atoms with van der Waals surface area (Å²) in [6, 6.07) is 13.1. The van der Waals surface area contributed by atoms with E-state index in [1.807, 2.05) is 0 Å². The van der Waals surface area contributed by atoms with Gasteiger partial charge >= 0.3 is 0 Å². The molecule has 2 aromatic rings. The highest BCUT2D eigenvalue weighted by Gasteiger charge is 2.26. The molecule has 0 bridgehead atoms. The summed E-state index contributed by atoms with van der Waals surface area (Å²) in [7, 11) is 0. The highest BCUT2D eigenvalue weighted by Crippen LogP contribution is 2.25. The topological polar surface area (TPSA) is 47.2 Å². The Morgan fingerprint density at radius 1 is 1.03 bits per heavy atom. The van der Waals surface area contributed by atoms with Gasteiger partial charge in [-0.1, -0.05) is 18.2 Å². The van der Waals surface area contributed by atoms with Crippen molar-refractivity contribution in [2.75, 3.05) is 39.3 Å². The maximum Gasteiger partial charge on any atom is 0.275 e. The molecule has 0 aliphatic carbocycles. The normalized spacial score (nSPS) is 21.6. The van der Waals surface area contributed by atoms with Crippen LogP contribution in [-0.4, -0.2) is 45.2 Å². The van der Waals surface area contributed by atoms with Gasteiger partial charge in [0.1, 0.15) is 38.5 Å². The van der Waals surface area contributed by atoms with E-state index in [4.69, 9.17) is 4.74 Å². The van der Waals surface area contributed by atoms with Crippen LogP contribution in [0.5, 0.6) is 5.75 Å². The first-order chi connectivity index (χ1) is 14.5. The predicted molar refractivity (Wildman–Crippen MR) is 118 cm³/mol. The fraction of sp³-hybridized carbons (Fsp3) is 0.480. The van der Waals surface area contributed by atoms with E-state index in [2.05, 4.69) is 62.5 Å². The number of piperazine rings is 1. The van der Waals surface area contributed by atoms with E-state index >= 15 is 0 Å². The van der Waals surface area contributed by atoms with Crippen LogP contribution in [0.1, 0.15) is 40.8 Å². The summed E-state index contributed by atoms with van der Waals surface area (Å²) >= 11 is 0. The van der Waals surface area contributed by atoms with Crippen LogP contribution in [0.2, 0.25) is 0 Å². The molecule has 5 nitrogen and oxygen atoms in total. The lowest BCUT2D eigenvalue weighted by molar-refractivity contribution is -1.02. The first-order valence-electron chi connectivity index (χ1n) is 11.3. The first kappa shape index (κ1) is 20.9. The van der Waals surface area contributed by atoms with E-state index in [0.29, 0.717) is 6.54 Å². The standard InChI is InChI=1S/C25H33N3O2/c1-18-4-6-22(14-19(18)2)20(3)26-25(29)17-28-11-9-27(10-12-28)16-21-5-7-24-23(15-21)8-13-30-24/h4-7,14-15,20H,8-13,16-17H2,1-3H3,(H,26,29)/p+2/t20-/m0/s1. The van der Waals surface area contributed by atoms with Crippen LogP contribution in [0.25, 0.3) is 0 Å². The number of hydrogen-bond acceptors (Lipinski definition) is 2. The molecule has 2 aromatic carbocycles. The van der Waals surface area contributed by atoms with Crippen molar-refractivity contribution in [3.63, 3.8) is 0 Å². The number of nitrogens with one attached hydrogen (secondary N) is 3. The van der Waals surface area contributed by atoms with Crippen molar-refractivity contribution in [2.24, 2.45) is 0 Å². The average molecular weight is 410 g/mol. The molecule has 1 amide bonds. The molecule has 0 spiro atoms. The van der Waals surface area contributed by atoms with Crippen LogP contribution in [0, 0.1) is 13.8 Å². The molecule has 4 rings (SSSR count). The van der Waals surface area contributed by atoms with Crippen LogP contribution >= 0.6 is 0 Å². The van der Waals surface area contributed by atoms with E-state index in [0.717, 1.165) is 51.5 Å². The molecule has 30 heavy (non-hydrogen) atoms. The van der Waals surface area contributed by atoms with Crippen molar-refractivity contribution in [3.05, 3.63) is 64.2 Å². The number of rotatable bonds is 6. The molecule has 2 heterocycles. The summed E-state index contributed by atoms with van der Waals surface area (Å²) in [6.07, 6.45) is 1.03. The second kappa shape index (κ2) is 9.19. The van der Waals surface area contributed by atoms with Gasteiger partial charge in [-0.2, -0.15) is 0 Å². The van der Waals surface area contributed by atoms with Crippen LogP contribution in [0.15, 0.2) is 36.4 Å². The molecule has 160 valence electrons. The highest BCUT2D eigenvalue weighted by atomic mass is 16.5. The van der Waals surface area contributed by atoms with Crippen LogP contribution in [0.3, 0.4) is 0 Å². The Bertz CT molecular complexity index is 903. The lowest BCUT2D eigenvalue weighted by atomic mass is 10.0. The molecule has 1 atom stereocenters. The first-order valence-corrected chi connectivity index (χ1v) is 11.3. The van der Waals surface area contributed by atoms with Gasteiger partial charge in [0, 0.05) is 12.0 Å². The molecule has 0 unspecified atom stereocenters. The zero-order valence-corrected chi connectivity index (χ0v) is 18.5. The third kappa shape index (κ3) is 5.02. The Labute approximate surface area is 180 Å². The number of carbonyl (C=O) groups is 1. The summed E-state index contributed by atoms with van der Waals surface area (Å²) in [4.78, 5) is 15.6. The quantitative estimate of drug-likeness (QED) is 0.647. The van der Waals surface area contributed by atoms with Crippen molar-refractivity contribution in [1.29, 1.82) is 0 Å². The molecule has 1 saturated heterocycles. The van der Waals surface area contributed by atoms with E-state index in [1.165, 1.54) is 32.7 Å². The number of quaternary nitrogens is 2. The summed E-state index contributed by atoms with van der Waals surface area (Å²) in [5, 5.41) is 3.19. The summed E-state index contributed by atoms with van der Waals surface area (Å²) in [5.74, 6) is 1.21. The van der Waals surface area contributed by atoms with Crippen molar-refractivity contribution in [3.8, 4) is 5.75 Å². The van der Waals surface area contributed by atoms with Crippen molar-refractivity contribution in [1.82, 2.24) is 5.32 Å². The van der Waals surface area contributed by atoms with Gasteiger partial charge in [0.2, 0.25) is 0 Å². The van der Waals surface area contributed by atoms with Gasteiger partial charge in [-0.25, -0.2) is 0 Å². The second-order valence-electron chi connectivity index (χ2n) is 9.03. The van der Waals surface area contributed by atoms with Crippen molar-refractivity contribution in [2.45, 2.75) is 39.8 Å². The fourth-order valence-electron chi connectivity index (χ4n) is 4.59. The van der Waals surface area contributed by atoms with E-state index in [9.17, 15) is 4.79 Å². The average Bonchev–Trinajstić information content (AvgIpc) is 3.19. The number of aryl methyl sites for hydroxylation is 2. The van der Waals surface area contributed by atoms with Gasteiger partial charge in [-0.3, -0.25) is 4.79 Å². The summed E-state index contributed by atoms with van der Waals surface area (Å²) in [5.41, 5.74) is 6.49. The molecule has 3 N–H and O–H groups in total. The fourth-order valence-corrected chi connectivity index (χ4v) is 4.59. The molecule has 0 saturated carbocycles. The van der Waals surface area contributed by atoms with Gasteiger partial charge in [0.05, 0.1) is 12.6 Å². The molecular formula is C25H35N3O2+2. The van der Waals surface area contributed by atoms with Gasteiger partial charge in [-0.15, -0.1) is 0 Å². The number of benzene rings is 2. The zero-order chi connectivity index (χ0) is 21.1. The van der Waals surface area contributed by atoms with E-state index in [-0.39, 0.29) is 11.9 Å². The van der Waals surface area contributed by atoms with Crippen LogP contribution in [0.4, 0.5) is 0 Å². The Kier molecular flexibility index (Phi) is 6.40. The predicted octanol–water partition coefficient (Wildman–Crippen LogP) is 0.399. The molecule has 5 heteroatoms. The lowest BCUT2D eigenvalue weighted by Gasteiger charge is -2.29. The minimum absolute atomic E-state index is 0.0481. The van der Waals surface area contributed by atoms with Gasteiger partial charge < -0.3 is 19.9 Å². The minimum Gasteiger partial charge on any atom is -0.493 e. The smallest absolute Gasteiger partial charge is 0.275 e. The number of hydrogen-bond donors (Lipinski definition) is 3. The Morgan fingerprint density at radius 3 is 2.57 bits per heavy atom. The number of amides is 1. The number of ether oxygens (including phenoxy) is 1. The largest absolute Gasteiger partial charge is 0.493 e. The highest BCUT2D eigenvalue weighted by molar-refractivity contribution is 5.77. The Balaban J connectivity index is 1.22. The summed E-state index contributed by atoms with van der Waals surface area (Å²) < 4.78 is 5.61. The molecule has 2 aliphatic rings. The molecule has 0 aromatic heterocycles. The van der Waals surface area contributed by atoms with E-state index in [1.54, 1.807) is 4.90 Å². The molecule has 0 radical (unpaired) electrons. The SMILES string of the molecule is Cc1ccc([C@H](C)NC(=O)C[NH+]2CC[NH+](Cc3ccc4c(c3)CCO4)CC2)cc1C. The second-order valence-corrected chi connectivity index (χ2v) is 9.03. The van der Waals surface area contributed by atoms with Gasteiger partial charge in [0.25, 0.3) is 5.91 Å². The number of fused-ring (bicyclic) bond motifs is 1. The third-order valence-corrected chi connectivity index (χ3v) is 6.69. The third-order valence-electron chi connectivity index (χ3n) is 6.69. The number of carbonyl (C=O) groups excluding carboxylic acids is 1. The monoisotopic (exact) mass is 409 g/mol. The Hall–Kier alpha value is -2.37. The zero-order valence-electron chi connectivity index (χ0n) is 18.5. The van der Waals surface area contributed by atoms with Gasteiger partial charge in [-0.05, 0) is 61.2 Å².